The lowest BCUT2D eigenvalue weighted by Crippen LogP contribution is -2.56. The minimum atomic E-state index is 0.476. The number of hydrogen-bond acceptors (Lipinski definition) is 3. The quantitative estimate of drug-likeness (QED) is 0.919. The molecular formula is C16H28N4. The molecule has 2 atom stereocenters. The van der Waals surface area contributed by atoms with E-state index in [2.05, 4.69) is 46.7 Å². The Bertz CT molecular complexity index is 451. The SMILES string of the molecule is CCNC1CCC(C)(C)CC1N1CCn2ccnc2C1. The van der Waals surface area contributed by atoms with Crippen LogP contribution < -0.4 is 5.32 Å². The number of hydrogen-bond donors (Lipinski definition) is 1. The van der Waals surface area contributed by atoms with Gasteiger partial charge in [0.2, 0.25) is 0 Å². The van der Waals surface area contributed by atoms with Crippen molar-refractivity contribution >= 4 is 0 Å². The monoisotopic (exact) mass is 276 g/mol. The molecule has 0 bridgehead atoms. The molecule has 1 saturated carbocycles. The topological polar surface area (TPSA) is 33.1 Å². The van der Waals surface area contributed by atoms with Crippen molar-refractivity contribution in [2.24, 2.45) is 5.41 Å². The highest BCUT2D eigenvalue weighted by molar-refractivity contribution is 5.00. The van der Waals surface area contributed by atoms with E-state index in [-0.39, 0.29) is 0 Å². The van der Waals surface area contributed by atoms with Gasteiger partial charge in [0.25, 0.3) is 0 Å². The summed E-state index contributed by atoms with van der Waals surface area (Å²) in [6.45, 7) is 11.4. The zero-order valence-electron chi connectivity index (χ0n) is 13.1. The largest absolute Gasteiger partial charge is 0.333 e. The molecule has 4 nitrogen and oxygen atoms in total. The molecule has 0 amide bonds. The molecule has 1 N–H and O–H groups in total. The second-order valence-electron chi connectivity index (χ2n) is 7.15. The summed E-state index contributed by atoms with van der Waals surface area (Å²) in [5.74, 6) is 1.23. The van der Waals surface area contributed by atoms with E-state index >= 15 is 0 Å². The Labute approximate surface area is 122 Å². The second-order valence-corrected chi connectivity index (χ2v) is 7.15. The van der Waals surface area contributed by atoms with Gasteiger partial charge < -0.3 is 9.88 Å². The van der Waals surface area contributed by atoms with Crippen molar-refractivity contribution in [2.45, 2.75) is 65.2 Å². The van der Waals surface area contributed by atoms with Gasteiger partial charge in [-0.1, -0.05) is 20.8 Å². The molecule has 1 fully saturated rings. The van der Waals surface area contributed by atoms with Crippen molar-refractivity contribution in [1.29, 1.82) is 0 Å². The van der Waals surface area contributed by atoms with E-state index in [4.69, 9.17) is 0 Å². The van der Waals surface area contributed by atoms with Crippen LogP contribution in [0.15, 0.2) is 12.4 Å². The van der Waals surface area contributed by atoms with Gasteiger partial charge in [0, 0.05) is 37.6 Å². The number of fused-ring (bicyclic) bond motifs is 1. The molecule has 0 spiro atoms. The normalized spacial score (nSPS) is 30.1. The van der Waals surface area contributed by atoms with Crippen molar-refractivity contribution in [2.75, 3.05) is 13.1 Å². The van der Waals surface area contributed by atoms with E-state index < -0.39 is 0 Å². The number of nitrogens with one attached hydrogen (secondary N) is 1. The van der Waals surface area contributed by atoms with E-state index in [0.717, 1.165) is 26.2 Å². The fourth-order valence-electron chi connectivity index (χ4n) is 3.91. The number of aromatic nitrogens is 2. The number of likely N-dealkylation sites (N-methyl/N-ethyl adjacent to an activating group) is 1. The first-order valence-corrected chi connectivity index (χ1v) is 8.06. The van der Waals surface area contributed by atoms with Crippen LogP contribution in [0.2, 0.25) is 0 Å². The number of nitrogens with zero attached hydrogens (tertiary/aromatic N) is 3. The minimum absolute atomic E-state index is 0.476. The summed E-state index contributed by atoms with van der Waals surface area (Å²) in [5, 5.41) is 3.72. The minimum Gasteiger partial charge on any atom is -0.333 e. The Balaban J connectivity index is 1.75. The van der Waals surface area contributed by atoms with Gasteiger partial charge in [-0.3, -0.25) is 4.90 Å². The van der Waals surface area contributed by atoms with Gasteiger partial charge in [0.15, 0.2) is 0 Å². The van der Waals surface area contributed by atoms with Gasteiger partial charge in [-0.25, -0.2) is 4.98 Å². The lowest BCUT2D eigenvalue weighted by molar-refractivity contribution is 0.0467. The molecular weight excluding hydrogens is 248 g/mol. The fourth-order valence-corrected chi connectivity index (χ4v) is 3.91. The highest BCUT2D eigenvalue weighted by Crippen LogP contribution is 2.38. The zero-order chi connectivity index (χ0) is 14.2. The molecule has 0 aromatic carbocycles. The van der Waals surface area contributed by atoms with Crippen LogP contribution in [0.25, 0.3) is 0 Å². The summed E-state index contributed by atoms with van der Waals surface area (Å²) < 4.78 is 2.30. The van der Waals surface area contributed by atoms with Crippen LogP contribution in [0.1, 0.15) is 45.9 Å². The highest BCUT2D eigenvalue weighted by Gasteiger charge is 2.38. The summed E-state index contributed by atoms with van der Waals surface area (Å²) in [4.78, 5) is 7.17. The summed E-state index contributed by atoms with van der Waals surface area (Å²) in [7, 11) is 0. The lowest BCUT2D eigenvalue weighted by atomic mass is 9.72. The summed E-state index contributed by atoms with van der Waals surface area (Å²) in [6.07, 6.45) is 7.98. The maximum atomic E-state index is 4.51. The summed E-state index contributed by atoms with van der Waals surface area (Å²) in [6, 6.07) is 1.30. The number of imidazole rings is 1. The molecule has 3 rings (SSSR count). The molecule has 1 aliphatic heterocycles. The van der Waals surface area contributed by atoms with Crippen LogP contribution in [0.3, 0.4) is 0 Å². The zero-order valence-corrected chi connectivity index (χ0v) is 13.1. The van der Waals surface area contributed by atoms with E-state index in [9.17, 15) is 0 Å². The second kappa shape index (κ2) is 5.49. The van der Waals surface area contributed by atoms with Gasteiger partial charge in [-0.05, 0) is 31.2 Å². The average Bonchev–Trinajstić information content (AvgIpc) is 2.88. The maximum absolute atomic E-state index is 4.51. The van der Waals surface area contributed by atoms with Crippen molar-refractivity contribution in [1.82, 2.24) is 19.8 Å². The third kappa shape index (κ3) is 2.77. The molecule has 112 valence electrons. The molecule has 1 aromatic heterocycles. The Kier molecular flexibility index (Phi) is 3.87. The molecule has 2 unspecified atom stereocenters. The molecule has 0 saturated heterocycles. The van der Waals surface area contributed by atoms with Gasteiger partial charge in [0.1, 0.15) is 5.82 Å². The molecule has 1 aromatic rings. The van der Waals surface area contributed by atoms with E-state index in [1.165, 1.54) is 25.1 Å². The third-order valence-electron chi connectivity index (χ3n) is 5.07. The third-order valence-corrected chi connectivity index (χ3v) is 5.07. The Morgan fingerprint density at radius 1 is 1.40 bits per heavy atom. The van der Waals surface area contributed by atoms with Crippen molar-refractivity contribution in [3.05, 3.63) is 18.2 Å². The van der Waals surface area contributed by atoms with E-state index in [1.54, 1.807) is 0 Å². The summed E-state index contributed by atoms with van der Waals surface area (Å²) >= 11 is 0. The first-order valence-electron chi connectivity index (χ1n) is 8.06. The predicted molar refractivity (Wildman–Crippen MR) is 81.5 cm³/mol. The van der Waals surface area contributed by atoms with Crippen LogP contribution in [0, 0.1) is 5.41 Å². The highest BCUT2D eigenvalue weighted by atomic mass is 15.3. The first-order chi connectivity index (χ1) is 9.59. The van der Waals surface area contributed by atoms with E-state index in [1.807, 2.05) is 6.20 Å². The molecule has 20 heavy (non-hydrogen) atoms. The van der Waals surface area contributed by atoms with E-state index in [0.29, 0.717) is 17.5 Å². The standard InChI is InChI=1S/C16H28N4/c1-4-17-13-5-6-16(2,3)11-14(13)20-10-9-19-8-7-18-15(19)12-20/h7-8,13-14,17H,4-6,9-12H2,1-3H3. The number of rotatable bonds is 3. The maximum Gasteiger partial charge on any atom is 0.122 e. The van der Waals surface area contributed by atoms with Crippen molar-refractivity contribution in [3.8, 4) is 0 Å². The lowest BCUT2D eigenvalue weighted by Gasteiger charge is -2.47. The van der Waals surface area contributed by atoms with Gasteiger partial charge in [-0.15, -0.1) is 0 Å². The van der Waals surface area contributed by atoms with Crippen LogP contribution in [0.5, 0.6) is 0 Å². The van der Waals surface area contributed by atoms with Crippen LogP contribution in [0.4, 0.5) is 0 Å². The van der Waals surface area contributed by atoms with Crippen LogP contribution in [-0.2, 0) is 13.1 Å². The van der Waals surface area contributed by atoms with Gasteiger partial charge in [0.05, 0.1) is 6.54 Å². The predicted octanol–water partition coefficient (Wildman–Crippen LogP) is 2.26. The van der Waals surface area contributed by atoms with Crippen LogP contribution >= 0.6 is 0 Å². The van der Waals surface area contributed by atoms with Crippen molar-refractivity contribution in [3.63, 3.8) is 0 Å². The van der Waals surface area contributed by atoms with Crippen LogP contribution in [-0.4, -0.2) is 39.6 Å². The molecule has 1 aliphatic carbocycles. The molecule has 2 aliphatic rings. The average molecular weight is 276 g/mol. The Morgan fingerprint density at radius 3 is 3.05 bits per heavy atom. The Hall–Kier alpha value is -0.870. The van der Waals surface area contributed by atoms with Crippen molar-refractivity contribution < 1.29 is 0 Å². The van der Waals surface area contributed by atoms with Gasteiger partial charge >= 0.3 is 0 Å². The molecule has 4 heteroatoms. The fraction of sp³-hybridized carbons (Fsp3) is 0.812. The molecule has 2 heterocycles. The first kappa shape index (κ1) is 14.1. The Morgan fingerprint density at radius 2 is 2.25 bits per heavy atom. The summed E-state index contributed by atoms with van der Waals surface area (Å²) in [5.41, 5.74) is 0.476. The smallest absolute Gasteiger partial charge is 0.122 e. The van der Waals surface area contributed by atoms with Gasteiger partial charge in [-0.2, -0.15) is 0 Å². The molecule has 0 radical (unpaired) electrons.